The normalized spacial score (nSPS) is 15.3. The first-order valence-electron chi connectivity index (χ1n) is 9.88. The van der Waals surface area contributed by atoms with Crippen LogP contribution in [0.15, 0.2) is 53.3 Å². The highest BCUT2D eigenvalue weighted by Gasteiger charge is 2.25. The average Bonchev–Trinajstić information content (AvgIpc) is 3.26. The molecular formula is C22H22Cl2N4O2. The average molecular weight is 445 g/mol. The van der Waals surface area contributed by atoms with Gasteiger partial charge >= 0.3 is 0 Å². The highest BCUT2D eigenvalue weighted by atomic mass is 35.5. The third-order valence-corrected chi connectivity index (χ3v) is 6.06. The van der Waals surface area contributed by atoms with E-state index in [2.05, 4.69) is 20.4 Å². The maximum atomic E-state index is 12.3. The Balaban J connectivity index is 1.28. The summed E-state index contributed by atoms with van der Waals surface area (Å²) >= 11 is 12.1. The first-order valence-corrected chi connectivity index (χ1v) is 10.6. The minimum absolute atomic E-state index is 0.243. The summed E-state index contributed by atoms with van der Waals surface area (Å²) in [6.07, 6.45) is 5.34. The molecule has 1 aliphatic heterocycles. The Morgan fingerprint density at radius 2 is 1.97 bits per heavy atom. The van der Waals surface area contributed by atoms with Crippen molar-refractivity contribution in [2.24, 2.45) is 0 Å². The SMILES string of the molecule is O=C(NCc1cccnc1)c1cc(C2CCN(Cc3ccc(Cl)c(Cl)c3)CC2)no1. The van der Waals surface area contributed by atoms with Crippen LogP contribution in [0.1, 0.15) is 46.1 Å². The van der Waals surface area contributed by atoms with Gasteiger partial charge in [0.25, 0.3) is 5.91 Å². The molecule has 1 aromatic carbocycles. The zero-order valence-electron chi connectivity index (χ0n) is 16.4. The van der Waals surface area contributed by atoms with Gasteiger partial charge in [-0.25, -0.2) is 0 Å². The van der Waals surface area contributed by atoms with Gasteiger partial charge in [-0.1, -0.05) is 40.5 Å². The van der Waals surface area contributed by atoms with Gasteiger partial charge in [0.1, 0.15) is 0 Å². The molecule has 6 nitrogen and oxygen atoms in total. The van der Waals surface area contributed by atoms with Crippen molar-refractivity contribution in [1.29, 1.82) is 0 Å². The molecular weight excluding hydrogens is 423 g/mol. The molecule has 4 rings (SSSR count). The van der Waals surface area contributed by atoms with Gasteiger partial charge in [-0.15, -0.1) is 0 Å². The van der Waals surface area contributed by atoms with Crippen LogP contribution in [-0.4, -0.2) is 34.0 Å². The quantitative estimate of drug-likeness (QED) is 0.596. The maximum Gasteiger partial charge on any atom is 0.290 e. The number of piperidine rings is 1. The highest BCUT2D eigenvalue weighted by Crippen LogP contribution is 2.29. The maximum absolute atomic E-state index is 12.3. The Morgan fingerprint density at radius 3 is 2.70 bits per heavy atom. The summed E-state index contributed by atoms with van der Waals surface area (Å²) < 4.78 is 5.30. The number of nitrogens with zero attached hydrogens (tertiary/aromatic N) is 3. The lowest BCUT2D eigenvalue weighted by atomic mass is 9.93. The van der Waals surface area contributed by atoms with Crippen LogP contribution < -0.4 is 5.32 Å². The van der Waals surface area contributed by atoms with Gasteiger partial charge < -0.3 is 9.84 Å². The lowest BCUT2D eigenvalue weighted by Crippen LogP contribution is -2.32. The molecule has 1 aliphatic rings. The Bertz CT molecular complexity index is 1000. The molecule has 0 saturated carbocycles. The van der Waals surface area contributed by atoms with Gasteiger partial charge in [0.05, 0.1) is 15.7 Å². The van der Waals surface area contributed by atoms with Crippen molar-refractivity contribution in [3.05, 3.63) is 81.4 Å². The fraction of sp³-hybridized carbons (Fsp3) is 0.318. The topological polar surface area (TPSA) is 71.3 Å². The van der Waals surface area contributed by atoms with E-state index in [1.54, 1.807) is 18.5 Å². The smallest absolute Gasteiger partial charge is 0.290 e. The fourth-order valence-electron chi connectivity index (χ4n) is 3.64. The van der Waals surface area contributed by atoms with E-state index >= 15 is 0 Å². The molecule has 156 valence electrons. The molecule has 0 unspecified atom stereocenters. The molecule has 0 aliphatic carbocycles. The van der Waals surface area contributed by atoms with Crippen molar-refractivity contribution in [1.82, 2.24) is 20.4 Å². The highest BCUT2D eigenvalue weighted by molar-refractivity contribution is 6.42. The zero-order chi connectivity index (χ0) is 20.9. The number of likely N-dealkylation sites (tertiary alicyclic amines) is 1. The van der Waals surface area contributed by atoms with Crippen molar-refractivity contribution in [3.8, 4) is 0 Å². The zero-order valence-corrected chi connectivity index (χ0v) is 17.9. The number of hydrogen-bond donors (Lipinski definition) is 1. The molecule has 0 atom stereocenters. The predicted octanol–water partition coefficient (Wildman–Crippen LogP) is 4.69. The minimum Gasteiger partial charge on any atom is -0.351 e. The van der Waals surface area contributed by atoms with Crippen LogP contribution in [0, 0.1) is 0 Å². The van der Waals surface area contributed by atoms with Crippen molar-refractivity contribution in [2.45, 2.75) is 31.8 Å². The Morgan fingerprint density at radius 1 is 1.13 bits per heavy atom. The summed E-state index contributed by atoms with van der Waals surface area (Å²) in [4.78, 5) is 18.8. The van der Waals surface area contributed by atoms with Gasteiger partial charge in [-0.2, -0.15) is 0 Å². The third-order valence-electron chi connectivity index (χ3n) is 5.32. The van der Waals surface area contributed by atoms with E-state index in [1.165, 1.54) is 0 Å². The summed E-state index contributed by atoms with van der Waals surface area (Å²) in [6.45, 7) is 3.13. The van der Waals surface area contributed by atoms with Gasteiger partial charge in [0, 0.05) is 37.5 Å². The molecule has 30 heavy (non-hydrogen) atoms. The number of halogens is 2. The number of nitrogens with one attached hydrogen (secondary N) is 1. The van der Waals surface area contributed by atoms with E-state index in [-0.39, 0.29) is 11.7 Å². The molecule has 1 N–H and O–H groups in total. The number of carbonyl (C=O) groups excluding carboxylic acids is 1. The summed E-state index contributed by atoms with van der Waals surface area (Å²) in [5.41, 5.74) is 2.92. The van der Waals surface area contributed by atoms with E-state index in [4.69, 9.17) is 27.7 Å². The molecule has 1 amide bonds. The molecule has 3 aromatic rings. The second-order valence-electron chi connectivity index (χ2n) is 7.46. The standard InChI is InChI=1S/C22H22Cl2N4O2/c23-18-4-3-15(10-19(18)24)14-28-8-5-17(6-9-28)20-11-21(30-27-20)22(29)26-13-16-2-1-7-25-12-16/h1-4,7,10-12,17H,5-6,8-9,13-14H2,(H,26,29). The number of rotatable bonds is 6. The molecule has 2 aromatic heterocycles. The van der Waals surface area contributed by atoms with Crippen LogP contribution in [-0.2, 0) is 13.1 Å². The lowest BCUT2D eigenvalue weighted by molar-refractivity contribution is 0.0913. The van der Waals surface area contributed by atoms with Crippen LogP contribution in [0.5, 0.6) is 0 Å². The second kappa shape index (κ2) is 9.60. The van der Waals surface area contributed by atoms with E-state index < -0.39 is 0 Å². The first kappa shape index (κ1) is 20.8. The van der Waals surface area contributed by atoms with Crippen LogP contribution in [0.25, 0.3) is 0 Å². The van der Waals surface area contributed by atoms with Crippen molar-refractivity contribution >= 4 is 29.1 Å². The molecule has 0 spiro atoms. The van der Waals surface area contributed by atoms with E-state index in [0.29, 0.717) is 22.5 Å². The van der Waals surface area contributed by atoms with Gasteiger partial charge in [-0.05, 0) is 55.3 Å². The summed E-state index contributed by atoms with van der Waals surface area (Å²) in [5.74, 6) is 0.264. The molecule has 0 bridgehead atoms. The van der Waals surface area contributed by atoms with Crippen molar-refractivity contribution < 1.29 is 9.32 Å². The Hall–Kier alpha value is -2.41. The number of hydrogen-bond acceptors (Lipinski definition) is 5. The summed E-state index contributed by atoms with van der Waals surface area (Å²) in [7, 11) is 0. The predicted molar refractivity (Wildman–Crippen MR) is 116 cm³/mol. The van der Waals surface area contributed by atoms with Gasteiger partial charge in [0.2, 0.25) is 5.76 Å². The monoisotopic (exact) mass is 444 g/mol. The molecule has 1 fully saturated rings. The Labute approximate surface area is 185 Å². The van der Waals surface area contributed by atoms with Crippen LogP contribution >= 0.6 is 23.2 Å². The fourth-order valence-corrected chi connectivity index (χ4v) is 3.96. The molecule has 8 heteroatoms. The van der Waals surface area contributed by atoms with E-state index in [0.717, 1.165) is 49.3 Å². The summed E-state index contributed by atoms with van der Waals surface area (Å²) in [6, 6.07) is 11.3. The van der Waals surface area contributed by atoms with E-state index in [9.17, 15) is 4.79 Å². The second-order valence-corrected chi connectivity index (χ2v) is 8.27. The number of amides is 1. The number of aromatic nitrogens is 2. The lowest BCUT2D eigenvalue weighted by Gasteiger charge is -2.31. The largest absolute Gasteiger partial charge is 0.351 e. The minimum atomic E-state index is -0.269. The molecule has 0 radical (unpaired) electrons. The molecule has 3 heterocycles. The number of carbonyl (C=O) groups is 1. The van der Waals surface area contributed by atoms with E-state index in [1.807, 2.05) is 30.3 Å². The van der Waals surface area contributed by atoms with Gasteiger partial charge in [0.15, 0.2) is 0 Å². The van der Waals surface area contributed by atoms with Crippen molar-refractivity contribution in [3.63, 3.8) is 0 Å². The van der Waals surface area contributed by atoms with Crippen LogP contribution in [0.2, 0.25) is 10.0 Å². The van der Waals surface area contributed by atoms with Crippen molar-refractivity contribution in [2.75, 3.05) is 13.1 Å². The van der Waals surface area contributed by atoms with Crippen LogP contribution in [0.3, 0.4) is 0 Å². The van der Waals surface area contributed by atoms with Gasteiger partial charge in [-0.3, -0.25) is 14.7 Å². The summed E-state index contributed by atoms with van der Waals surface area (Å²) in [5, 5.41) is 8.14. The molecule has 1 saturated heterocycles. The number of benzene rings is 1. The number of pyridine rings is 1. The first-order chi connectivity index (χ1) is 14.6. The Kier molecular flexibility index (Phi) is 6.67. The third kappa shape index (κ3) is 5.19. The van der Waals surface area contributed by atoms with Crippen LogP contribution in [0.4, 0.5) is 0 Å².